The van der Waals surface area contributed by atoms with Crippen LogP contribution >= 0.6 is 0 Å². The first-order valence-electron chi connectivity index (χ1n) is 9.80. The van der Waals surface area contributed by atoms with Crippen LogP contribution in [-0.2, 0) is 9.53 Å². The van der Waals surface area contributed by atoms with Gasteiger partial charge in [-0.3, -0.25) is 4.79 Å². The van der Waals surface area contributed by atoms with E-state index < -0.39 is 0 Å². The quantitative estimate of drug-likeness (QED) is 0.681. The second-order valence-electron chi connectivity index (χ2n) is 7.09. The maximum Gasteiger partial charge on any atom is 0.318 e. The molecule has 1 aliphatic rings. The summed E-state index contributed by atoms with van der Waals surface area (Å²) in [5.74, 6) is -0.482. The van der Waals surface area contributed by atoms with Crippen LogP contribution in [0.2, 0.25) is 0 Å². The van der Waals surface area contributed by atoms with Crippen LogP contribution in [0, 0.1) is 0 Å². The molecule has 2 aromatic rings. The van der Waals surface area contributed by atoms with E-state index >= 15 is 0 Å². The SMILES string of the molecule is CCCCN1CCC(OC(=O)C(c2ccccc2)c2ccccc2)CC1. The molecular formula is C23H29NO2. The number of ether oxygens (including phenoxy) is 1. The fourth-order valence-corrected chi connectivity index (χ4v) is 3.62. The Kier molecular flexibility index (Phi) is 6.84. The molecule has 1 fully saturated rings. The molecule has 1 aliphatic heterocycles. The molecule has 0 atom stereocenters. The number of nitrogens with zero attached hydrogens (tertiary/aromatic N) is 1. The van der Waals surface area contributed by atoms with Gasteiger partial charge in [-0.15, -0.1) is 0 Å². The summed E-state index contributed by atoms with van der Waals surface area (Å²) in [4.78, 5) is 15.5. The molecule has 1 heterocycles. The third-order valence-corrected chi connectivity index (χ3v) is 5.15. The number of rotatable bonds is 7. The minimum Gasteiger partial charge on any atom is -0.462 e. The number of carbonyl (C=O) groups is 1. The molecule has 1 saturated heterocycles. The molecule has 0 spiro atoms. The monoisotopic (exact) mass is 351 g/mol. The Bertz CT molecular complexity index is 624. The van der Waals surface area contributed by atoms with Gasteiger partial charge in [-0.1, -0.05) is 74.0 Å². The molecular weight excluding hydrogens is 322 g/mol. The van der Waals surface area contributed by atoms with Crippen molar-refractivity contribution >= 4 is 5.97 Å². The molecule has 0 N–H and O–H groups in total. The normalized spacial score (nSPS) is 15.9. The fraction of sp³-hybridized carbons (Fsp3) is 0.435. The Morgan fingerprint density at radius 1 is 1.00 bits per heavy atom. The summed E-state index contributed by atoms with van der Waals surface area (Å²) in [6.07, 6.45) is 4.38. The van der Waals surface area contributed by atoms with Gasteiger partial charge in [-0.2, -0.15) is 0 Å². The maximum atomic E-state index is 13.0. The van der Waals surface area contributed by atoms with Gasteiger partial charge in [0.2, 0.25) is 0 Å². The summed E-state index contributed by atoms with van der Waals surface area (Å²) in [7, 11) is 0. The summed E-state index contributed by atoms with van der Waals surface area (Å²) in [6, 6.07) is 19.9. The average Bonchev–Trinajstić information content (AvgIpc) is 2.69. The van der Waals surface area contributed by atoms with Crippen LogP contribution in [0.1, 0.15) is 49.7 Å². The van der Waals surface area contributed by atoms with Crippen LogP contribution in [0.4, 0.5) is 0 Å². The van der Waals surface area contributed by atoms with Gasteiger partial charge in [0.05, 0.1) is 0 Å². The van der Waals surface area contributed by atoms with Crippen molar-refractivity contribution in [3.8, 4) is 0 Å². The van der Waals surface area contributed by atoms with E-state index in [0.29, 0.717) is 0 Å². The first-order chi connectivity index (χ1) is 12.8. The summed E-state index contributed by atoms with van der Waals surface area (Å²) in [5.41, 5.74) is 1.98. The van der Waals surface area contributed by atoms with Crippen LogP contribution in [0.15, 0.2) is 60.7 Å². The third kappa shape index (κ3) is 4.95. The zero-order valence-electron chi connectivity index (χ0n) is 15.6. The molecule has 3 heteroatoms. The zero-order valence-corrected chi connectivity index (χ0v) is 15.6. The van der Waals surface area contributed by atoms with Gasteiger partial charge in [0.15, 0.2) is 0 Å². The van der Waals surface area contributed by atoms with Crippen molar-refractivity contribution in [3.63, 3.8) is 0 Å². The number of hydrogen-bond acceptors (Lipinski definition) is 3. The van der Waals surface area contributed by atoms with Crippen LogP contribution in [0.5, 0.6) is 0 Å². The largest absolute Gasteiger partial charge is 0.462 e. The Morgan fingerprint density at radius 3 is 2.04 bits per heavy atom. The van der Waals surface area contributed by atoms with Gasteiger partial charge in [-0.05, 0) is 36.9 Å². The summed E-state index contributed by atoms with van der Waals surface area (Å²) in [5, 5.41) is 0. The Morgan fingerprint density at radius 2 is 1.54 bits per heavy atom. The highest BCUT2D eigenvalue weighted by Crippen LogP contribution is 2.27. The first kappa shape index (κ1) is 18.7. The lowest BCUT2D eigenvalue weighted by Crippen LogP contribution is -2.39. The first-order valence-corrected chi connectivity index (χ1v) is 9.80. The Balaban J connectivity index is 1.66. The van der Waals surface area contributed by atoms with Crippen molar-refractivity contribution in [2.45, 2.75) is 44.6 Å². The predicted octanol–water partition coefficient (Wildman–Crippen LogP) is 4.63. The molecule has 0 bridgehead atoms. The molecule has 0 radical (unpaired) electrons. The van der Waals surface area contributed by atoms with E-state index in [-0.39, 0.29) is 18.0 Å². The summed E-state index contributed by atoms with van der Waals surface area (Å²) in [6.45, 7) is 5.44. The highest BCUT2D eigenvalue weighted by Gasteiger charge is 2.28. The fourth-order valence-electron chi connectivity index (χ4n) is 3.62. The van der Waals surface area contributed by atoms with E-state index in [1.807, 2.05) is 60.7 Å². The average molecular weight is 351 g/mol. The summed E-state index contributed by atoms with van der Waals surface area (Å²) >= 11 is 0. The Hall–Kier alpha value is -2.13. The van der Waals surface area contributed by atoms with Gasteiger partial charge in [0, 0.05) is 13.1 Å². The molecule has 0 aliphatic carbocycles. The lowest BCUT2D eigenvalue weighted by atomic mass is 9.91. The highest BCUT2D eigenvalue weighted by atomic mass is 16.5. The minimum absolute atomic E-state index is 0.0373. The molecule has 3 rings (SSSR count). The van der Waals surface area contributed by atoms with Gasteiger partial charge in [0.1, 0.15) is 12.0 Å². The van der Waals surface area contributed by atoms with E-state index in [1.165, 1.54) is 12.8 Å². The van der Waals surface area contributed by atoms with Crippen molar-refractivity contribution in [2.24, 2.45) is 0 Å². The van der Waals surface area contributed by atoms with Gasteiger partial charge < -0.3 is 9.64 Å². The standard InChI is InChI=1S/C23H29NO2/c1-2-3-16-24-17-14-21(15-18-24)26-23(25)22(19-10-6-4-7-11-19)20-12-8-5-9-13-20/h4-13,21-22H,2-3,14-18H2,1H3. The lowest BCUT2D eigenvalue weighted by Gasteiger charge is -2.32. The topological polar surface area (TPSA) is 29.5 Å². The van der Waals surface area contributed by atoms with Crippen LogP contribution < -0.4 is 0 Å². The van der Waals surface area contributed by atoms with Crippen molar-refractivity contribution in [1.82, 2.24) is 4.90 Å². The molecule has 0 amide bonds. The van der Waals surface area contributed by atoms with Gasteiger partial charge in [0.25, 0.3) is 0 Å². The van der Waals surface area contributed by atoms with Crippen LogP contribution in [0.25, 0.3) is 0 Å². The van der Waals surface area contributed by atoms with Crippen molar-refractivity contribution < 1.29 is 9.53 Å². The van der Waals surface area contributed by atoms with Gasteiger partial charge >= 0.3 is 5.97 Å². The van der Waals surface area contributed by atoms with Crippen molar-refractivity contribution in [1.29, 1.82) is 0 Å². The number of likely N-dealkylation sites (tertiary alicyclic amines) is 1. The van der Waals surface area contributed by atoms with Crippen LogP contribution in [0.3, 0.4) is 0 Å². The van der Waals surface area contributed by atoms with Gasteiger partial charge in [-0.25, -0.2) is 0 Å². The number of piperidine rings is 1. The zero-order chi connectivity index (χ0) is 18.2. The van der Waals surface area contributed by atoms with E-state index in [9.17, 15) is 4.79 Å². The van der Waals surface area contributed by atoms with E-state index in [2.05, 4.69) is 11.8 Å². The number of carbonyl (C=O) groups excluding carboxylic acids is 1. The molecule has 0 unspecified atom stereocenters. The molecule has 26 heavy (non-hydrogen) atoms. The van der Waals surface area contributed by atoms with E-state index in [1.54, 1.807) is 0 Å². The molecule has 0 aromatic heterocycles. The number of hydrogen-bond donors (Lipinski definition) is 0. The number of unbranched alkanes of at least 4 members (excludes halogenated alkanes) is 1. The van der Waals surface area contributed by atoms with E-state index in [4.69, 9.17) is 4.74 Å². The Labute approximate surface area is 157 Å². The molecule has 138 valence electrons. The van der Waals surface area contributed by atoms with Crippen LogP contribution in [-0.4, -0.2) is 36.6 Å². The molecule has 3 nitrogen and oxygen atoms in total. The van der Waals surface area contributed by atoms with Crippen molar-refractivity contribution in [3.05, 3.63) is 71.8 Å². The second kappa shape index (κ2) is 9.54. The second-order valence-corrected chi connectivity index (χ2v) is 7.09. The smallest absolute Gasteiger partial charge is 0.318 e. The molecule has 0 saturated carbocycles. The summed E-state index contributed by atoms with van der Waals surface area (Å²) < 4.78 is 5.95. The predicted molar refractivity (Wildman–Crippen MR) is 105 cm³/mol. The maximum absolute atomic E-state index is 13.0. The number of esters is 1. The number of benzene rings is 2. The third-order valence-electron chi connectivity index (χ3n) is 5.15. The minimum atomic E-state index is -0.351. The van der Waals surface area contributed by atoms with E-state index in [0.717, 1.165) is 43.6 Å². The molecule has 2 aromatic carbocycles. The van der Waals surface area contributed by atoms with Crippen molar-refractivity contribution in [2.75, 3.05) is 19.6 Å². The highest BCUT2D eigenvalue weighted by molar-refractivity contribution is 5.82. The lowest BCUT2D eigenvalue weighted by molar-refractivity contribution is -0.152.